The Morgan fingerprint density at radius 1 is 1.67 bits per heavy atom. The van der Waals surface area contributed by atoms with Gasteiger partial charge >= 0.3 is 0 Å². The van der Waals surface area contributed by atoms with Crippen LogP contribution in [0.15, 0.2) is 0 Å². The highest BCUT2D eigenvalue weighted by Crippen LogP contribution is 2.27. The number of nitrogens with one attached hydrogen (secondary N) is 1. The van der Waals surface area contributed by atoms with Crippen LogP contribution in [0.2, 0.25) is 0 Å². The van der Waals surface area contributed by atoms with Crippen molar-refractivity contribution in [1.82, 2.24) is 10.2 Å². The largest absolute Gasteiger partial charge is 0.380 e. The fraction of sp³-hybridized carbons (Fsp3) is 0.833. The molecule has 2 saturated heterocycles. The molecule has 0 bridgehead atoms. The van der Waals surface area contributed by atoms with Crippen molar-refractivity contribution in [2.75, 3.05) is 26.7 Å². The Kier molecular flexibility index (Phi) is 4.19. The quantitative estimate of drug-likeness (QED) is 0.681. The van der Waals surface area contributed by atoms with Crippen LogP contribution in [0.25, 0.3) is 0 Å². The molecule has 2 rings (SSSR count). The molecule has 0 saturated carbocycles. The summed E-state index contributed by atoms with van der Waals surface area (Å²) in [6.07, 6.45) is 1.83. The number of likely N-dealkylation sites (tertiary alicyclic amines) is 1. The highest BCUT2D eigenvalue weighted by atomic mass is 16.5. The number of piperidine rings is 1. The zero-order chi connectivity index (χ0) is 13.1. The third-order valence-electron chi connectivity index (χ3n) is 3.92. The molecule has 0 spiro atoms. The number of carbonyl (C=O) groups excluding carboxylic acids is 2. The average Bonchev–Trinajstić information content (AvgIpc) is 2.77. The van der Waals surface area contributed by atoms with Crippen molar-refractivity contribution in [3.63, 3.8) is 0 Å². The molecule has 0 radical (unpaired) electrons. The summed E-state index contributed by atoms with van der Waals surface area (Å²) >= 11 is 0. The van der Waals surface area contributed by atoms with Gasteiger partial charge in [-0.2, -0.15) is 0 Å². The first kappa shape index (κ1) is 13.3. The third kappa shape index (κ3) is 2.49. The van der Waals surface area contributed by atoms with E-state index in [1.54, 1.807) is 7.11 Å². The summed E-state index contributed by atoms with van der Waals surface area (Å²) < 4.78 is 5.14. The van der Waals surface area contributed by atoms with E-state index in [9.17, 15) is 9.59 Å². The predicted molar refractivity (Wildman–Crippen MR) is 65.7 cm³/mol. The Balaban J connectivity index is 1.99. The zero-order valence-electron chi connectivity index (χ0n) is 10.7. The van der Waals surface area contributed by atoms with E-state index in [1.807, 2.05) is 4.90 Å². The van der Waals surface area contributed by atoms with Gasteiger partial charge in [-0.25, -0.2) is 0 Å². The minimum atomic E-state index is -0.233. The fourth-order valence-electron chi connectivity index (χ4n) is 2.84. The van der Waals surface area contributed by atoms with Crippen LogP contribution in [0.4, 0.5) is 0 Å². The number of nitrogens with two attached hydrogens (primary N) is 1. The molecule has 0 aliphatic carbocycles. The number of ether oxygens (including phenoxy) is 1. The lowest BCUT2D eigenvalue weighted by atomic mass is 9.91. The number of rotatable bonds is 4. The van der Waals surface area contributed by atoms with E-state index in [2.05, 4.69) is 5.32 Å². The molecule has 3 atom stereocenters. The molecule has 2 heterocycles. The van der Waals surface area contributed by atoms with Gasteiger partial charge in [-0.3, -0.25) is 9.59 Å². The molecule has 0 aromatic rings. The summed E-state index contributed by atoms with van der Waals surface area (Å²) in [7, 11) is 1.56. The third-order valence-corrected chi connectivity index (χ3v) is 3.92. The summed E-state index contributed by atoms with van der Waals surface area (Å²) in [6, 6.07) is 0.0223. The maximum absolute atomic E-state index is 12.2. The van der Waals surface area contributed by atoms with Crippen molar-refractivity contribution in [2.45, 2.75) is 31.4 Å². The smallest absolute Gasteiger partial charge is 0.225 e. The van der Waals surface area contributed by atoms with E-state index in [0.29, 0.717) is 19.5 Å². The second kappa shape index (κ2) is 5.67. The molecule has 3 N–H and O–H groups in total. The van der Waals surface area contributed by atoms with E-state index >= 15 is 0 Å². The SMILES string of the molecule is COC(CN)CC(=O)N1CCCC2C(=O)NCC21. The molecule has 102 valence electrons. The van der Waals surface area contributed by atoms with E-state index in [1.165, 1.54) is 0 Å². The average molecular weight is 255 g/mol. The number of hydrogen-bond donors (Lipinski definition) is 2. The van der Waals surface area contributed by atoms with Gasteiger partial charge in [0, 0.05) is 26.7 Å². The molecule has 2 fully saturated rings. The van der Waals surface area contributed by atoms with Crippen LogP contribution in [0.5, 0.6) is 0 Å². The highest BCUT2D eigenvalue weighted by Gasteiger charge is 2.42. The van der Waals surface area contributed by atoms with E-state index in [-0.39, 0.29) is 29.9 Å². The number of amides is 2. The molecule has 6 nitrogen and oxygen atoms in total. The molecule has 6 heteroatoms. The Bertz CT molecular complexity index is 331. The summed E-state index contributed by atoms with van der Waals surface area (Å²) in [5.74, 6) is 0.0969. The highest BCUT2D eigenvalue weighted by molar-refractivity contribution is 5.84. The Hall–Kier alpha value is -1.14. The van der Waals surface area contributed by atoms with Crippen molar-refractivity contribution in [1.29, 1.82) is 0 Å². The maximum atomic E-state index is 12.2. The Labute approximate surface area is 107 Å². The maximum Gasteiger partial charge on any atom is 0.225 e. The first-order chi connectivity index (χ1) is 8.67. The summed E-state index contributed by atoms with van der Waals surface area (Å²) in [4.78, 5) is 25.7. The van der Waals surface area contributed by atoms with Crippen molar-refractivity contribution in [2.24, 2.45) is 11.7 Å². The fourth-order valence-corrected chi connectivity index (χ4v) is 2.84. The van der Waals surface area contributed by atoms with Gasteiger partial charge in [0.15, 0.2) is 0 Å². The van der Waals surface area contributed by atoms with Crippen LogP contribution < -0.4 is 11.1 Å². The minimum Gasteiger partial charge on any atom is -0.380 e. The second-order valence-electron chi connectivity index (χ2n) is 4.95. The molecule has 3 unspecified atom stereocenters. The summed E-state index contributed by atoms with van der Waals surface area (Å²) in [5, 5.41) is 2.84. The lowest BCUT2D eigenvalue weighted by Crippen LogP contribution is -2.49. The van der Waals surface area contributed by atoms with Crippen molar-refractivity contribution >= 4 is 11.8 Å². The molecule has 2 aliphatic heterocycles. The molecular weight excluding hydrogens is 234 g/mol. The lowest BCUT2D eigenvalue weighted by Gasteiger charge is -2.36. The van der Waals surface area contributed by atoms with Gasteiger partial charge in [-0.05, 0) is 12.8 Å². The van der Waals surface area contributed by atoms with Crippen molar-refractivity contribution < 1.29 is 14.3 Å². The number of hydrogen-bond acceptors (Lipinski definition) is 4. The molecule has 2 aliphatic rings. The van der Waals surface area contributed by atoms with Crippen LogP contribution in [0.1, 0.15) is 19.3 Å². The van der Waals surface area contributed by atoms with E-state index in [4.69, 9.17) is 10.5 Å². The molecular formula is C12H21N3O3. The summed E-state index contributed by atoms with van der Waals surface area (Å²) in [6.45, 7) is 1.65. The predicted octanol–water partition coefficient (Wildman–Crippen LogP) is -0.913. The number of methoxy groups -OCH3 is 1. The standard InChI is InChI=1S/C12H21N3O3/c1-18-8(6-13)5-11(16)15-4-2-3-9-10(15)7-14-12(9)17/h8-10H,2-7,13H2,1H3,(H,14,17). The Morgan fingerprint density at radius 3 is 3.11 bits per heavy atom. The number of fused-ring (bicyclic) bond motifs is 1. The van der Waals surface area contributed by atoms with Crippen LogP contribution in [0, 0.1) is 5.92 Å². The number of nitrogens with zero attached hydrogens (tertiary/aromatic N) is 1. The topological polar surface area (TPSA) is 84.7 Å². The van der Waals surface area contributed by atoms with Crippen molar-refractivity contribution in [3.8, 4) is 0 Å². The minimum absolute atomic E-state index is 0.0223. The van der Waals surface area contributed by atoms with Gasteiger partial charge in [0.05, 0.1) is 24.5 Å². The van der Waals surface area contributed by atoms with Crippen LogP contribution in [-0.2, 0) is 14.3 Å². The Morgan fingerprint density at radius 2 is 2.44 bits per heavy atom. The van der Waals surface area contributed by atoms with Gasteiger partial charge in [-0.15, -0.1) is 0 Å². The number of carbonyl (C=O) groups is 2. The van der Waals surface area contributed by atoms with Gasteiger partial charge in [0.2, 0.25) is 11.8 Å². The van der Waals surface area contributed by atoms with E-state index in [0.717, 1.165) is 19.4 Å². The summed E-state index contributed by atoms with van der Waals surface area (Å²) in [5.41, 5.74) is 5.53. The first-order valence-electron chi connectivity index (χ1n) is 6.47. The second-order valence-corrected chi connectivity index (χ2v) is 4.95. The van der Waals surface area contributed by atoms with Crippen LogP contribution >= 0.6 is 0 Å². The lowest BCUT2D eigenvalue weighted by molar-refractivity contribution is -0.138. The monoisotopic (exact) mass is 255 g/mol. The molecule has 2 amide bonds. The van der Waals surface area contributed by atoms with Gasteiger partial charge in [0.1, 0.15) is 0 Å². The van der Waals surface area contributed by atoms with Gasteiger partial charge in [0.25, 0.3) is 0 Å². The normalized spacial score (nSPS) is 28.8. The zero-order valence-corrected chi connectivity index (χ0v) is 10.7. The van der Waals surface area contributed by atoms with Crippen molar-refractivity contribution in [3.05, 3.63) is 0 Å². The molecule has 0 aromatic heterocycles. The van der Waals surface area contributed by atoms with E-state index < -0.39 is 0 Å². The van der Waals surface area contributed by atoms with Crippen LogP contribution in [0.3, 0.4) is 0 Å². The van der Waals surface area contributed by atoms with Gasteiger partial charge < -0.3 is 20.7 Å². The van der Waals surface area contributed by atoms with Crippen LogP contribution in [-0.4, -0.2) is 55.6 Å². The van der Waals surface area contributed by atoms with Gasteiger partial charge in [-0.1, -0.05) is 0 Å². The molecule has 18 heavy (non-hydrogen) atoms. The first-order valence-corrected chi connectivity index (χ1v) is 6.47. The molecule has 0 aromatic carbocycles.